The Bertz CT molecular complexity index is 556. The Morgan fingerprint density at radius 2 is 1.54 bits per heavy atom. The minimum atomic E-state index is -1.20. The van der Waals surface area contributed by atoms with Crippen LogP contribution in [0.25, 0.3) is 0 Å². The van der Waals surface area contributed by atoms with Crippen LogP contribution in [0.1, 0.15) is 79.6 Å². The van der Waals surface area contributed by atoms with Crippen LogP contribution in [0.4, 0.5) is 0 Å². The Balaban J connectivity index is 2.04. The van der Waals surface area contributed by atoms with Crippen LogP contribution in [0.5, 0.6) is 0 Å². The molecule has 3 aliphatic rings. The lowest BCUT2D eigenvalue weighted by molar-refractivity contribution is -0.198. The van der Waals surface area contributed by atoms with E-state index in [-0.39, 0.29) is 11.3 Å². The van der Waals surface area contributed by atoms with E-state index in [0.29, 0.717) is 35.5 Å². The van der Waals surface area contributed by atoms with Crippen molar-refractivity contribution < 1.29 is 9.90 Å². The molecule has 0 spiro atoms. The quantitative estimate of drug-likeness (QED) is 0.731. The molecular weight excluding hydrogens is 322 g/mol. The van der Waals surface area contributed by atoms with Crippen LogP contribution >= 0.6 is 0 Å². The highest BCUT2D eigenvalue weighted by atomic mass is 16.3. The predicted molar refractivity (Wildman–Crippen MR) is 107 cm³/mol. The summed E-state index contributed by atoms with van der Waals surface area (Å²) in [5.74, 6) is 3.11. The lowest BCUT2D eigenvalue weighted by atomic mass is 9.45. The lowest BCUT2D eigenvalue weighted by Gasteiger charge is -2.61. The molecule has 1 N–H and O–H groups in total. The number of carbonyl (C=O) groups excluding carboxylic acids is 1. The number of hydrogen-bond acceptors (Lipinski definition) is 2. The molecule has 3 aliphatic carbocycles. The Hall–Kier alpha value is -0.570. The number of carbonyl (C=O) groups is 1. The third-order valence-corrected chi connectivity index (χ3v) is 9.35. The van der Waals surface area contributed by atoms with Crippen molar-refractivity contribution in [3.8, 4) is 0 Å². The van der Waals surface area contributed by atoms with E-state index >= 15 is 0 Å². The first-order valence-electron chi connectivity index (χ1n) is 10.9. The number of amides is 1. The largest absolute Gasteiger partial charge is 0.379 e. The Labute approximate surface area is 160 Å². The molecule has 0 heterocycles. The Kier molecular flexibility index (Phi) is 5.04. The zero-order valence-corrected chi connectivity index (χ0v) is 18.1. The topological polar surface area (TPSA) is 40.5 Å². The van der Waals surface area contributed by atoms with Gasteiger partial charge < -0.3 is 10.0 Å². The number of aliphatic hydroxyl groups is 1. The summed E-state index contributed by atoms with van der Waals surface area (Å²) in [6.07, 6.45) is 7.53. The van der Waals surface area contributed by atoms with Crippen molar-refractivity contribution in [2.24, 2.45) is 40.4 Å². The van der Waals surface area contributed by atoms with Gasteiger partial charge in [0.1, 0.15) is 5.60 Å². The van der Waals surface area contributed by atoms with Gasteiger partial charge in [0.25, 0.3) is 5.91 Å². The van der Waals surface area contributed by atoms with E-state index in [9.17, 15) is 9.90 Å². The molecule has 3 nitrogen and oxygen atoms in total. The molecule has 3 heteroatoms. The Morgan fingerprint density at radius 1 is 0.923 bits per heavy atom. The first kappa shape index (κ1) is 20.2. The van der Waals surface area contributed by atoms with Crippen LogP contribution in [0.2, 0.25) is 0 Å². The lowest BCUT2D eigenvalue weighted by Crippen LogP contribution is -2.64. The summed E-state index contributed by atoms with van der Waals surface area (Å²) in [4.78, 5) is 14.7. The second-order valence-corrected chi connectivity index (χ2v) is 11.1. The minimum Gasteiger partial charge on any atom is -0.379 e. The van der Waals surface area contributed by atoms with Gasteiger partial charge in [-0.05, 0) is 73.5 Å². The number of likely N-dealkylation sites (N-methyl/N-ethyl adjacent to an activating group) is 1. The fourth-order valence-corrected chi connectivity index (χ4v) is 7.38. The predicted octanol–water partition coefficient (Wildman–Crippen LogP) is 4.73. The third-order valence-electron chi connectivity index (χ3n) is 9.35. The van der Waals surface area contributed by atoms with Gasteiger partial charge in [0, 0.05) is 19.5 Å². The summed E-state index contributed by atoms with van der Waals surface area (Å²) in [7, 11) is 3.58. The van der Waals surface area contributed by atoms with Crippen LogP contribution in [0.15, 0.2) is 0 Å². The highest BCUT2D eigenvalue weighted by Gasteiger charge is 2.62. The molecule has 26 heavy (non-hydrogen) atoms. The molecule has 3 fully saturated rings. The van der Waals surface area contributed by atoms with Crippen molar-refractivity contribution in [2.75, 3.05) is 14.1 Å². The van der Waals surface area contributed by atoms with E-state index in [0.717, 1.165) is 25.2 Å². The maximum atomic E-state index is 13.1. The van der Waals surface area contributed by atoms with E-state index < -0.39 is 5.60 Å². The molecule has 1 amide bonds. The average molecular weight is 364 g/mol. The van der Waals surface area contributed by atoms with Crippen molar-refractivity contribution >= 4 is 5.91 Å². The Morgan fingerprint density at radius 3 is 2.15 bits per heavy atom. The molecule has 7 atom stereocenters. The first-order chi connectivity index (χ1) is 11.9. The average Bonchev–Trinajstić information content (AvgIpc) is 2.55. The smallest absolute Gasteiger partial charge is 0.254 e. The molecule has 3 saturated carbocycles. The second kappa shape index (κ2) is 6.50. The number of rotatable bonds is 1. The van der Waals surface area contributed by atoms with Gasteiger partial charge in [0.05, 0.1) is 0 Å². The van der Waals surface area contributed by atoms with Gasteiger partial charge >= 0.3 is 0 Å². The van der Waals surface area contributed by atoms with Crippen molar-refractivity contribution in [1.82, 2.24) is 4.90 Å². The first-order valence-corrected chi connectivity index (χ1v) is 10.9. The van der Waals surface area contributed by atoms with E-state index in [2.05, 4.69) is 34.6 Å². The molecule has 0 aromatic carbocycles. The molecule has 0 aliphatic heterocycles. The molecule has 1 unspecified atom stereocenters. The van der Waals surface area contributed by atoms with Crippen LogP contribution in [0, 0.1) is 40.4 Å². The van der Waals surface area contributed by atoms with Gasteiger partial charge in [-0.1, -0.05) is 41.0 Å². The van der Waals surface area contributed by atoms with E-state index in [1.165, 1.54) is 19.3 Å². The monoisotopic (exact) mass is 363 g/mol. The van der Waals surface area contributed by atoms with Crippen molar-refractivity contribution in [3.05, 3.63) is 0 Å². The van der Waals surface area contributed by atoms with Gasteiger partial charge in [-0.25, -0.2) is 0 Å². The van der Waals surface area contributed by atoms with Crippen molar-refractivity contribution in [1.29, 1.82) is 0 Å². The molecule has 0 saturated heterocycles. The highest BCUT2D eigenvalue weighted by Crippen LogP contribution is 2.62. The van der Waals surface area contributed by atoms with Crippen LogP contribution in [-0.4, -0.2) is 35.6 Å². The summed E-state index contributed by atoms with van der Waals surface area (Å²) in [6.45, 7) is 12.0. The maximum Gasteiger partial charge on any atom is 0.254 e. The standard InChI is InChI=1S/C23H41NO2/c1-15-8-9-17-14-19-16(2)10-13-23(26,20(25)24(6)7)22(19,5)12-11-18(15)21(17,3)4/h15-19,26H,8-14H2,1-7H3/t15-,16-,17+,18+,19-,22+,23?/m1/s1. The molecule has 0 aromatic rings. The zero-order valence-electron chi connectivity index (χ0n) is 18.1. The highest BCUT2D eigenvalue weighted by molar-refractivity contribution is 5.85. The minimum absolute atomic E-state index is 0.0741. The van der Waals surface area contributed by atoms with Gasteiger partial charge in [-0.15, -0.1) is 0 Å². The van der Waals surface area contributed by atoms with Crippen LogP contribution in [0.3, 0.4) is 0 Å². The van der Waals surface area contributed by atoms with E-state index in [4.69, 9.17) is 0 Å². The van der Waals surface area contributed by atoms with Crippen LogP contribution < -0.4 is 0 Å². The van der Waals surface area contributed by atoms with Gasteiger partial charge in [0.2, 0.25) is 0 Å². The van der Waals surface area contributed by atoms with E-state index in [1.54, 1.807) is 19.0 Å². The number of hydrogen-bond donors (Lipinski definition) is 1. The summed E-state index contributed by atoms with van der Waals surface area (Å²) < 4.78 is 0. The summed E-state index contributed by atoms with van der Waals surface area (Å²) >= 11 is 0. The second-order valence-electron chi connectivity index (χ2n) is 11.1. The number of fused-ring (bicyclic) bond motifs is 3. The SMILES string of the molecule is C[C@@H]1CCC(O)(C(=O)N(C)C)[C@@]2(C)CC[C@H]3[C@H](C)CC[C@@H](C[C@H]12)C3(C)C. The van der Waals surface area contributed by atoms with Crippen molar-refractivity contribution in [2.45, 2.75) is 85.2 Å². The summed E-state index contributed by atoms with van der Waals surface area (Å²) in [5, 5.41) is 11.8. The summed E-state index contributed by atoms with van der Waals surface area (Å²) in [5.41, 5.74) is -1.14. The third kappa shape index (κ3) is 2.75. The fourth-order valence-electron chi connectivity index (χ4n) is 7.38. The van der Waals surface area contributed by atoms with E-state index in [1.807, 2.05) is 0 Å². The van der Waals surface area contributed by atoms with Gasteiger partial charge in [0.15, 0.2) is 0 Å². The zero-order chi connectivity index (χ0) is 19.5. The number of nitrogens with zero attached hydrogens (tertiary/aromatic N) is 1. The van der Waals surface area contributed by atoms with Crippen molar-refractivity contribution in [3.63, 3.8) is 0 Å². The molecule has 2 bridgehead atoms. The molecule has 150 valence electrons. The molecule has 3 rings (SSSR count). The molecular formula is C23H41NO2. The molecule has 0 radical (unpaired) electrons. The normalized spacial score (nSPS) is 48.1. The summed E-state index contributed by atoms with van der Waals surface area (Å²) in [6, 6.07) is 0. The van der Waals surface area contributed by atoms with Gasteiger partial charge in [-0.3, -0.25) is 4.79 Å². The van der Waals surface area contributed by atoms with Crippen LogP contribution in [-0.2, 0) is 4.79 Å². The fraction of sp³-hybridized carbons (Fsp3) is 0.957. The molecule has 0 aromatic heterocycles. The van der Waals surface area contributed by atoms with Gasteiger partial charge in [-0.2, -0.15) is 0 Å². The maximum absolute atomic E-state index is 13.1.